The van der Waals surface area contributed by atoms with Crippen LogP contribution in [0.25, 0.3) is 0 Å². The minimum atomic E-state index is -3.89. The summed E-state index contributed by atoms with van der Waals surface area (Å²) in [6.07, 6.45) is 1.03. The first-order chi connectivity index (χ1) is 10.6. The zero-order chi connectivity index (χ0) is 17.6. The molecule has 2 N–H and O–H groups in total. The fourth-order valence-electron chi connectivity index (χ4n) is 2.38. The summed E-state index contributed by atoms with van der Waals surface area (Å²) in [5.41, 5.74) is 0.494. The Morgan fingerprint density at radius 1 is 1.09 bits per heavy atom. The van der Waals surface area contributed by atoms with Crippen molar-refractivity contribution in [3.8, 4) is 0 Å². The summed E-state index contributed by atoms with van der Waals surface area (Å²) in [7, 11) is -3.89. The summed E-state index contributed by atoms with van der Waals surface area (Å²) in [6, 6.07) is 5.64. The number of hydrogen-bond acceptors (Lipinski definition) is 4. The van der Waals surface area contributed by atoms with Crippen LogP contribution in [0.5, 0.6) is 0 Å². The van der Waals surface area contributed by atoms with Crippen LogP contribution in [-0.4, -0.2) is 20.2 Å². The number of benzene rings is 1. The zero-order valence-corrected chi connectivity index (χ0v) is 14.7. The van der Waals surface area contributed by atoms with Gasteiger partial charge in [0, 0.05) is 19.0 Å². The van der Waals surface area contributed by atoms with Crippen LogP contribution in [0.4, 0.5) is 5.69 Å². The molecule has 23 heavy (non-hydrogen) atoms. The van der Waals surface area contributed by atoms with Crippen molar-refractivity contribution >= 4 is 27.5 Å². The molecular formula is C16H24N2O4S. The Morgan fingerprint density at radius 3 is 2.13 bits per heavy atom. The lowest BCUT2D eigenvalue weighted by molar-refractivity contribution is -0.120. The van der Waals surface area contributed by atoms with Gasteiger partial charge in [0.25, 0.3) is 10.0 Å². The summed E-state index contributed by atoms with van der Waals surface area (Å²) in [5.74, 6) is -0.180. The van der Waals surface area contributed by atoms with Crippen LogP contribution in [0.15, 0.2) is 29.2 Å². The SMILES string of the molecule is CC(=O)Nc1ccc(S(=O)(=O)NC(=O)CC(C)CC(C)C)cc1. The molecule has 0 radical (unpaired) electrons. The molecule has 0 saturated heterocycles. The molecule has 1 unspecified atom stereocenters. The van der Waals surface area contributed by atoms with Crippen molar-refractivity contribution < 1.29 is 18.0 Å². The van der Waals surface area contributed by atoms with Gasteiger partial charge in [-0.3, -0.25) is 9.59 Å². The predicted molar refractivity (Wildman–Crippen MR) is 89.3 cm³/mol. The second-order valence-corrected chi connectivity index (χ2v) is 7.86. The Hall–Kier alpha value is -1.89. The van der Waals surface area contributed by atoms with E-state index in [0.717, 1.165) is 6.42 Å². The number of carbonyl (C=O) groups excluding carboxylic acids is 2. The molecule has 1 rings (SSSR count). The number of sulfonamides is 1. The first kappa shape index (κ1) is 19.2. The van der Waals surface area contributed by atoms with Crippen molar-refractivity contribution in [3.63, 3.8) is 0 Å². The van der Waals surface area contributed by atoms with E-state index in [4.69, 9.17) is 0 Å². The van der Waals surface area contributed by atoms with E-state index >= 15 is 0 Å². The number of anilines is 1. The largest absolute Gasteiger partial charge is 0.326 e. The van der Waals surface area contributed by atoms with Crippen LogP contribution < -0.4 is 10.0 Å². The van der Waals surface area contributed by atoms with Crippen molar-refractivity contribution in [3.05, 3.63) is 24.3 Å². The van der Waals surface area contributed by atoms with Gasteiger partial charge in [-0.05, 0) is 42.5 Å². The molecule has 0 aliphatic carbocycles. The zero-order valence-electron chi connectivity index (χ0n) is 13.9. The smallest absolute Gasteiger partial charge is 0.264 e. The van der Waals surface area contributed by atoms with E-state index < -0.39 is 15.9 Å². The summed E-state index contributed by atoms with van der Waals surface area (Å²) < 4.78 is 26.4. The van der Waals surface area contributed by atoms with Crippen LogP contribution in [0, 0.1) is 11.8 Å². The van der Waals surface area contributed by atoms with E-state index in [1.807, 2.05) is 6.92 Å². The Labute approximate surface area is 137 Å². The lowest BCUT2D eigenvalue weighted by atomic mass is 9.96. The number of carbonyl (C=O) groups is 2. The highest BCUT2D eigenvalue weighted by Gasteiger charge is 2.19. The maximum absolute atomic E-state index is 12.2. The van der Waals surface area contributed by atoms with Crippen molar-refractivity contribution in [1.82, 2.24) is 4.72 Å². The molecule has 1 aromatic carbocycles. The molecule has 2 amide bonds. The minimum absolute atomic E-state index is 0.0172. The second kappa shape index (κ2) is 8.10. The van der Waals surface area contributed by atoms with Crippen LogP contribution >= 0.6 is 0 Å². The third-order valence-electron chi connectivity index (χ3n) is 3.14. The molecule has 1 aromatic rings. The van der Waals surface area contributed by atoms with Gasteiger partial charge in [-0.1, -0.05) is 20.8 Å². The van der Waals surface area contributed by atoms with Crippen molar-refractivity contribution in [1.29, 1.82) is 0 Å². The topological polar surface area (TPSA) is 92.3 Å². The van der Waals surface area contributed by atoms with Gasteiger partial charge in [0.05, 0.1) is 4.90 Å². The first-order valence-corrected chi connectivity index (χ1v) is 9.01. The molecule has 0 aliphatic rings. The molecule has 1 atom stereocenters. The third-order valence-corrected chi connectivity index (χ3v) is 4.53. The average Bonchev–Trinajstić information content (AvgIpc) is 2.36. The van der Waals surface area contributed by atoms with E-state index in [-0.39, 0.29) is 23.1 Å². The first-order valence-electron chi connectivity index (χ1n) is 7.53. The molecule has 0 aromatic heterocycles. The van der Waals surface area contributed by atoms with E-state index in [1.54, 1.807) is 0 Å². The van der Waals surface area contributed by atoms with E-state index in [1.165, 1.54) is 31.2 Å². The van der Waals surface area contributed by atoms with Gasteiger partial charge in [0.1, 0.15) is 0 Å². The summed E-state index contributed by atoms with van der Waals surface area (Å²) in [5, 5.41) is 2.55. The molecule has 7 heteroatoms. The highest BCUT2D eigenvalue weighted by atomic mass is 32.2. The van der Waals surface area contributed by atoms with Gasteiger partial charge in [0.15, 0.2) is 0 Å². The summed E-state index contributed by atoms with van der Waals surface area (Å²) in [4.78, 5) is 22.8. The van der Waals surface area contributed by atoms with E-state index in [0.29, 0.717) is 11.6 Å². The van der Waals surface area contributed by atoms with E-state index in [2.05, 4.69) is 23.9 Å². The normalized spacial score (nSPS) is 12.7. The number of nitrogens with one attached hydrogen (secondary N) is 2. The molecular weight excluding hydrogens is 316 g/mol. The second-order valence-electron chi connectivity index (χ2n) is 6.17. The van der Waals surface area contributed by atoms with E-state index in [9.17, 15) is 18.0 Å². The average molecular weight is 340 g/mol. The number of rotatable bonds is 7. The van der Waals surface area contributed by atoms with Gasteiger partial charge in [-0.2, -0.15) is 0 Å². The fraction of sp³-hybridized carbons (Fsp3) is 0.500. The predicted octanol–water partition coefficient (Wildman–Crippen LogP) is 2.52. The Bertz CT molecular complexity index is 651. The van der Waals surface area contributed by atoms with Crippen molar-refractivity contribution in [2.45, 2.75) is 45.4 Å². The quantitative estimate of drug-likeness (QED) is 0.798. The van der Waals surface area contributed by atoms with Crippen molar-refractivity contribution in [2.24, 2.45) is 11.8 Å². The summed E-state index contributed by atoms with van der Waals surface area (Å²) >= 11 is 0. The third kappa shape index (κ3) is 6.81. The monoisotopic (exact) mass is 340 g/mol. The maximum Gasteiger partial charge on any atom is 0.264 e. The molecule has 0 aliphatic heterocycles. The lowest BCUT2D eigenvalue weighted by Gasteiger charge is -2.14. The molecule has 6 nitrogen and oxygen atoms in total. The van der Waals surface area contributed by atoms with Gasteiger partial charge in [0.2, 0.25) is 11.8 Å². The Kier molecular flexibility index (Phi) is 6.75. The van der Waals surface area contributed by atoms with Crippen LogP contribution in [0.1, 0.15) is 40.5 Å². The number of amides is 2. The summed E-state index contributed by atoms with van der Waals surface area (Å²) in [6.45, 7) is 7.40. The highest BCUT2D eigenvalue weighted by Crippen LogP contribution is 2.16. The van der Waals surface area contributed by atoms with Crippen LogP contribution in [0.3, 0.4) is 0 Å². The maximum atomic E-state index is 12.2. The molecule has 0 fully saturated rings. The van der Waals surface area contributed by atoms with Crippen LogP contribution in [0.2, 0.25) is 0 Å². The molecule has 0 saturated carbocycles. The van der Waals surface area contributed by atoms with Gasteiger partial charge < -0.3 is 5.32 Å². The van der Waals surface area contributed by atoms with Gasteiger partial charge in [-0.25, -0.2) is 13.1 Å². The molecule has 0 spiro atoms. The van der Waals surface area contributed by atoms with Crippen molar-refractivity contribution in [2.75, 3.05) is 5.32 Å². The molecule has 0 bridgehead atoms. The van der Waals surface area contributed by atoms with Gasteiger partial charge >= 0.3 is 0 Å². The fourth-order valence-corrected chi connectivity index (χ4v) is 3.37. The Balaban J connectivity index is 2.71. The minimum Gasteiger partial charge on any atom is -0.326 e. The molecule has 128 valence electrons. The van der Waals surface area contributed by atoms with Gasteiger partial charge in [-0.15, -0.1) is 0 Å². The standard InChI is InChI=1S/C16H24N2O4S/c1-11(2)9-12(3)10-16(20)18-23(21,22)15-7-5-14(6-8-15)17-13(4)19/h5-8,11-12H,9-10H2,1-4H3,(H,17,19)(H,18,20). The number of hydrogen-bond donors (Lipinski definition) is 2. The Morgan fingerprint density at radius 2 is 1.65 bits per heavy atom. The van der Waals surface area contributed by atoms with Crippen LogP contribution in [-0.2, 0) is 19.6 Å². The molecule has 0 heterocycles. The lowest BCUT2D eigenvalue weighted by Crippen LogP contribution is -2.31. The highest BCUT2D eigenvalue weighted by molar-refractivity contribution is 7.90.